The molecule has 8 heteroatoms. The zero-order chi connectivity index (χ0) is 23.8. The van der Waals surface area contributed by atoms with Crippen molar-refractivity contribution in [2.45, 2.75) is 109 Å². The van der Waals surface area contributed by atoms with Crippen LogP contribution in [0.15, 0.2) is 22.8 Å². The van der Waals surface area contributed by atoms with Gasteiger partial charge in [0.2, 0.25) is 0 Å². The predicted octanol–water partition coefficient (Wildman–Crippen LogP) is 1.39. The van der Waals surface area contributed by atoms with E-state index in [2.05, 4.69) is 26.8 Å². The van der Waals surface area contributed by atoms with Crippen LogP contribution in [0.25, 0.3) is 0 Å². The number of aliphatic hydroxyl groups excluding tert-OH is 4. The van der Waals surface area contributed by atoms with Gasteiger partial charge in [-0.05, 0) is 56.6 Å². The summed E-state index contributed by atoms with van der Waals surface area (Å²) in [5.41, 5.74) is 3.23. The van der Waals surface area contributed by atoms with Gasteiger partial charge in [-0.25, -0.2) is 0 Å². The molecule has 182 valence electrons. The maximum atomic E-state index is 11.4. The van der Waals surface area contributed by atoms with Crippen molar-refractivity contribution in [3.63, 3.8) is 0 Å². The Balaban J connectivity index is 1.71. The average Bonchev–Trinajstić information content (AvgIpc) is 3.05. The van der Waals surface area contributed by atoms with E-state index >= 15 is 0 Å². The Hall–Kier alpha value is -1.13. The maximum absolute atomic E-state index is 11.4. The molecular formula is C24H38O8. The van der Waals surface area contributed by atoms with Crippen LogP contribution in [-0.2, 0) is 19.0 Å². The monoisotopic (exact) mass is 454 g/mol. The number of hydrogen-bond donors (Lipinski definition) is 4. The highest BCUT2D eigenvalue weighted by molar-refractivity contribution is 5.75. The molecule has 0 spiro atoms. The van der Waals surface area contributed by atoms with Gasteiger partial charge in [-0.2, -0.15) is 0 Å². The lowest BCUT2D eigenvalue weighted by Crippen LogP contribution is -2.59. The zero-order valence-electron chi connectivity index (χ0n) is 19.7. The number of ketones is 1. The maximum Gasteiger partial charge on any atom is 0.186 e. The van der Waals surface area contributed by atoms with Gasteiger partial charge in [-0.3, -0.25) is 0 Å². The van der Waals surface area contributed by atoms with E-state index in [1.54, 1.807) is 6.92 Å². The molecule has 2 aliphatic heterocycles. The lowest BCUT2D eigenvalue weighted by atomic mass is 9.69. The van der Waals surface area contributed by atoms with Crippen molar-refractivity contribution in [2.24, 2.45) is 5.41 Å². The highest BCUT2D eigenvalue weighted by atomic mass is 16.7. The molecule has 1 fully saturated rings. The fourth-order valence-electron chi connectivity index (χ4n) is 5.33. The molecule has 0 radical (unpaired) electrons. The van der Waals surface area contributed by atoms with Crippen molar-refractivity contribution in [3.05, 3.63) is 22.8 Å². The topological polar surface area (TPSA) is 126 Å². The number of hydrogen-bond acceptors (Lipinski definition) is 8. The lowest BCUT2D eigenvalue weighted by molar-refractivity contribution is -0.313. The van der Waals surface area contributed by atoms with Crippen molar-refractivity contribution in [1.29, 1.82) is 0 Å². The van der Waals surface area contributed by atoms with E-state index in [0.29, 0.717) is 25.7 Å². The molecule has 32 heavy (non-hydrogen) atoms. The van der Waals surface area contributed by atoms with Crippen molar-refractivity contribution < 1.29 is 39.4 Å². The highest BCUT2D eigenvalue weighted by Crippen LogP contribution is 2.46. The van der Waals surface area contributed by atoms with Gasteiger partial charge in [0, 0.05) is 6.42 Å². The third-order valence-corrected chi connectivity index (χ3v) is 6.91. The summed E-state index contributed by atoms with van der Waals surface area (Å²) >= 11 is 0. The van der Waals surface area contributed by atoms with Gasteiger partial charge in [0.15, 0.2) is 6.29 Å². The quantitative estimate of drug-likeness (QED) is 0.425. The summed E-state index contributed by atoms with van der Waals surface area (Å²) < 4.78 is 17.9. The molecule has 0 aromatic carbocycles. The summed E-state index contributed by atoms with van der Waals surface area (Å²) in [6.45, 7) is 9.46. The third-order valence-electron chi connectivity index (χ3n) is 6.91. The Labute approximate surface area is 189 Å². The molecule has 1 aliphatic carbocycles. The van der Waals surface area contributed by atoms with E-state index in [4.69, 9.17) is 14.2 Å². The molecule has 0 saturated carbocycles. The summed E-state index contributed by atoms with van der Waals surface area (Å²) in [5.74, 6) is 0.159. The number of aliphatic hydroxyl groups is 4. The number of carbonyl (C=O) groups excluding carboxylic acids is 1. The molecule has 0 unspecified atom stereocenters. The van der Waals surface area contributed by atoms with Crippen molar-refractivity contribution in [2.75, 3.05) is 6.61 Å². The Bertz CT molecular complexity index is 755. The number of Topliss-reactive ketones (excluding diaryl/α,β-unsaturated/α-hetero) is 1. The second-order valence-electron chi connectivity index (χ2n) is 10.1. The molecule has 0 aromatic rings. The highest BCUT2D eigenvalue weighted by Gasteiger charge is 2.47. The zero-order valence-corrected chi connectivity index (χ0v) is 19.7. The molecule has 2 heterocycles. The average molecular weight is 455 g/mol. The smallest absolute Gasteiger partial charge is 0.186 e. The fraction of sp³-hybridized carbons (Fsp3) is 0.792. The van der Waals surface area contributed by atoms with Crippen LogP contribution in [0.5, 0.6) is 0 Å². The van der Waals surface area contributed by atoms with Gasteiger partial charge in [0.1, 0.15) is 30.2 Å². The van der Waals surface area contributed by atoms with Crippen molar-refractivity contribution in [1.82, 2.24) is 0 Å². The SMILES string of the molecule is CC(=O)CC[C@@H]1O[C@@H](C2=C(C)C[C@@H](O[C@@H]3O[C@H](CO)[C@@H](O)[C@H](O)[C@H]3O)CC2(C)C)C=C1C. The van der Waals surface area contributed by atoms with Gasteiger partial charge in [0.25, 0.3) is 0 Å². The minimum atomic E-state index is -1.46. The van der Waals surface area contributed by atoms with Crippen LogP contribution in [0.2, 0.25) is 0 Å². The molecule has 0 bridgehead atoms. The van der Waals surface area contributed by atoms with E-state index in [9.17, 15) is 25.2 Å². The second kappa shape index (κ2) is 10.0. The molecule has 3 aliphatic rings. The van der Waals surface area contributed by atoms with Crippen molar-refractivity contribution >= 4 is 5.78 Å². The fourth-order valence-corrected chi connectivity index (χ4v) is 5.33. The van der Waals surface area contributed by atoms with Crippen LogP contribution < -0.4 is 0 Å². The molecule has 8 atom stereocenters. The second-order valence-corrected chi connectivity index (χ2v) is 10.1. The van der Waals surface area contributed by atoms with E-state index in [-0.39, 0.29) is 29.5 Å². The van der Waals surface area contributed by atoms with Gasteiger partial charge < -0.3 is 39.4 Å². The van der Waals surface area contributed by atoms with E-state index < -0.39 is 37.3 Å². The van der Waals surface area contributed by atoms with Crippen LogP contribution >= 0.6 is 0 Å². The summed E-state index contributed by atoms with van der Waals surface area (Å²) in [6, 6.07) is 0. The Kier molecular flexibility index (Phi) is 7.97. The summed E-state index contributed by atoms with van der Waals surface area (Å²) in [5, 5.41) is 39.7. The van der Waals surface area contributed by atoms with Gasteiger partial charge in [0.05, 0.1) is 24.9 Å². The molecule has 4 N–H and O–H groups in total. The number of carbonyl (C=O) groups is 1. The van der Waals surface area contributed by atoms with Crippen LogP contribution in [0.4, 0.5) is 0 Å². The standard InChI is InChI=1S/C24H38O8/c1-12-9-17(31-16(12)7-6-14(3)26)19-13(2)8-15(10-24(19,4)5)30-23-22(29)21(28)20(27)18(11-25)32-23/h9,15-18,20-23,25,27-29H,6-8,10-11H2,1-5H3/t15-,16+,17-,18-,20-,21+,22-,23-/m1/s1. The van der Waals surface area contributed by atoms with Gasteiger partial charge in [-0.1, -0.05) is 25.5 Å². The molecule has 0 amide bonds. The van der Waals surface area contributed by atoms with Crippen LogP contribution in [-0.4, -0.2) is 81.8 Å². The minimum absolute atomic E-state index is 0.0527. The first-order chi connectivity index (χ1) is 14.9. The first-order valence-corrected chi connectivity index (χ1v) is 11.4. The summed E-state index contributed by atoms with van der Waals surface area (Å²) in [7, 11) is 0. The Morgan fingerprint density at radius 2 is 1.84 bits per heavy atom. The van der Waals surface area contributed by atoms with Gasteiger partial charge in [-0.15, -0.1) is 0 Å². The molecular weight excluding hydrogens is 416 g/mol. The lowest BCUT2D eigenvalue weighted by Gasteiger charge is -2.44. The molecule has 8 nitrogen and oxygen atoms in total. The van der Waals surface area contributed by atoms with E-state index in [1.165, 1.54) is 5.57 Å². The first kappa shape index (κ1) is 25.5. The van der Waals surface area contributed by atoms with Crippen molar-refractivity contribution in [3.8, 4) is 0 Å². The van der Waals surface area contributed by atoms with E-state index in [0.717, 1.165) is 11.1 Å². The largest absolute Gasteiger partial charge is 0.394 e. The van der Waals surface area contributed by atoms with E-state index in [1.807, 2.05) is 6.92 Å². The summed E-state index contributed by atoms with van der Waals surface area (Å²) in [6.07, 6.45) is -2.28. The Morgan fingerprint density at radius 1 is 1.16 bits per heavy atom. The molecule has 3 rings (SSSR count). The normalized spacial score (nSPS) is 39.8. The minimum Gasteiger partial charge on any atom is -0.394 e. The molecule has 0 aromatic heterocycles. The predicted molar refractivity (Wildman–Crippen MR) is 117 cm³/mol. The number of ether oxygens (including phenoxy) is 3. The van der Waals surface area contributed by atoms with Crippen LogP contribution in [0.1, 0.15) is 60.3 Å². The third kappa shape index (κ3) is 5.33. The van der Waals surface area contributed by atoms with Crippen LogP contribution in [0, 0.1) is 5.41 Å². The molecule has 1 saturated heterocycles. The number of rotatable bonds is 7. The van der Waals surface area contributed by atoms with Gasteiger partial charge >= 0.3 is 0 Å². The first-order valence-electron chi connectivity index (χ1n) is 11.4. The summed E-state index contributed by atoms with van der Waals surface area (Å²) in [4.78, 5) is 11.4. The van der Waals surface area contributed by atoms with Crippen LogP contribution in [0.3, 0.4) is 0 Å². The Morgan fingerprint density at radius 3 is 2.44 bits per heavy atom.